The van der Waals surface area contributed by atoms with Crippen molar-refractivity contribution in [3.8, 4) is 0 Å². The molecular weight excluding hydrogens is 336 g/mol. The maximum absolute atomic E-state index is 13.0. The van der Waals surface area contributed by atoms with Gasteiger partial charge in [0.05, 0.1) is 24.2 Å². The van der Waals surface area contributed by atoms with Crippen LogP contribution in [0, 0.1) is 6.92 Å². The van der Waals surface area contributed by atoms with Crippen LogP contribution in [0.2, 0.25) is 0 Å². The zero-order valence-electron chi connectivity index (χ0n) is 13.9. The summed E-state index contributed by atoms with van der Waals surface area (Å²) in [6.07, 6.45) is 3.83. The van der Waals surface area contributed by atoms with Gasteiger partial charge in [-0.05, 0) is 37.3 Å². The molecule has 1 aromatic carbocycles. The summed E-state index contributed by atoms with van der Waals surface area (Å²) in [4.78, 5) is 30.8. The van der Waals surface area contributed by atoms with Gasteiger partial charge in [-0.15, -0.1) is 11.3 Å². The summed E-state index contributed by atoms with van der Waals surface area (Å²) in [5.41, 5.74) is 2.75. The highest BCUT2D eigenvalue weighted by Crippen LogP contribution is 2.40. The van der Waals surface area contributed by atoms with Gasteiger partial charge in [0.25, 0.3) is 5.56 Å². The number of benzene rings is 1. The molecule has 6 heteroatoms. The zero-order chi connectivity index (χ0) is 17.6. The number of carboxylic acid groups (broad SMARTS) is 1. The molecule has 0 saturated heterocycles. The van der Waals surface area contributed by atoms with E-state index < -0.39 is 11.9 Å². The predicted octanol–water partition coefficient (Wildman–Crippen LogP) is 3.32. The summed E-state index contributed by atoms with van der Waals surface area (Å²) in [5, 5.41) is 10.1. The molecule has 1 atom stereocenters. The molecule has 2 heterocycles. The fourth-order valence-corrected chi connectivity index (χ4v) is 4.74. The average molecular weight is 354 g/mol. The Morgan fingerprint density at radius 2 is 2.12 bits per heavy atom. The van der Waals surface area contributed by atoms with Gasteiger partial charge in [-0.2, -0.15) is 0 Å². The third-order valence-electron chi connectivity index (χ3n) is 4.81. The number of nitrogens with zero attached hydrogens (tertiary/aromatic N) is 2. The first kappa shape index (κ1) is 16.0. The van der Waals surface area contributed by atoms with E-state index in [1.807, 2.05) is 31.2 Å². The first-order valence-corrected chi connectivity index (χ1v) is 9.15. The largest absolute Gasteiger partial charge is 0.481 e. The molecule has 1 aliphatic carbocycles. The first-order chi connectivity index (χ1) is 12.0. The standard InChI is InChI=1S/C19H18N2O3S/c1-11-5-7-12(8-6-11)9-21-10-20-17-16(18(21)22)15-13(19(23)24)3-2-4-14(15)25-17/h5-8,10,13H,2-4,9H2,1H3,(H,23,24). The number of aryl methyl sites for hydroxylation is 2. The number of hydrogen-bond donors (Lipinski definition) is 1. The van der Waals surface area contributed by atoms with Crippen LogP contribution < -0.4 is 5.56 Å². The quantitative estimate of drug-likeness (QED) is 0.783. The van der Waals surface area contributed by atoms with Crippen molar-refractivity contribution in [2.24, 2.45) is 0 Å². The third-order valence-corrected chi connectivity index (χ3v) is 5.98. The van der Waals surface area contributed by atoms with Gasteiger partial charge in [-0.3, -0.25) is 14.2 Å². The number of fused-ring (bicyclic) bond motifs is 3. The highest BCUT2D eigenvalue weighted by Gasteiger charge is 2.31. The van der Waals surface area contributed by atoms with Crippen molar-refractivity contribution < 1.29 is 9.90 Å². The molecule has 0 amide bonds. The van der Waals surface area contributed by atoms with Gasteiger partial charge < -0.3 is 5.11 Å². The van der Waals surface area contributed by atoms with Crippen LogP contribution in [0.15, 0.2) is 35.4 Å². The molecule has 0 saturated carbocycles. The van der Waals surface area contributed by atoms with E-state index in [1.165, 1.54) is 16.9 Å². The summed E-state index contributed by atoms with van der Waals surface area (Å²) in [7, 11) is 0. The number of carboxylic acids is 1. The van der Waals surface area contributed by atoms with Crippen LogP contribution in [0.3, 0.4) is 0 Å². The molecular formula is C19H18N2O3S. The van der Waals surface area contributed by atoms with Crippen LogP contribution in [-0.2, 0) is 17.8 Å². The molecule has 128 valence electrons. The van der Waals surface area contributed by atoms with E-state index in [0.29, 0.717) is 28.7 Å². The second-order valence-electron chi connectivity index (χ2n) is 6.57. The molecule has 2 aromatic heterocycles. The van der Waals surface area contributed by atoms with Crippen molar-refractivity contribution in [2.45, 2.75) is 38.6 Å². The van der Waals surface area contributed by atoms with Gasteiger partial charge in [0.1, 0.15) is 4.83 Å². The molecule has 0 radical (unpaired) electrons. The van der Waals surface area contributed by atoms with Crippen LogP contribution in [0.5, 0.6) is 0 Å². The Bertz CT molecular complexity index is 1020. The SMILES string of the molecule is Cc1ccc(Cn2cnc3sc4c(c3c2=O)C(C(=O)O)CCC4)cc1. The fourth-order valence-electron chi connectivity index (χ4n) is 3.51. The molecule has 3 aromatic rings. The van der Waals surface area contributed by atoms with Gasteiger partial charge in [-0.25, -0.2) is 4.98 Å². The van der Waals surface area contributed by atoms with E-state index in [-0.39, 0.29) is 5.56 Å². The molecule has 25 heavy (non-hydrogen) atoms. The molecule has 1 aliphatic rings. The van der Waals surface area contributed by atoms with Gasteiger partial charge in [-0.1, -0.05) is 29.8 Å². The Balaban J connectivity index is 1.84. The Kier molecular flexibility index (Phi) is 3.92. The molecule has 5 nitrogen and oxygen atoms in total. The van der Waals surface area contributed by atoms with Gasteiger partial charge >= 0.3 is 5.97 Å². The predicted molar refractivity (Wildman–Crippen MR) is 97.5 cm³/mol. The normalized spacial score (nSPS) is 16.8. The molecule has 4 rings (SSSR count). The highest BCUT2D eigenvalue weighted by molar-refractivity contribution is 7.18. The minimum Gasteiger partial charge on any atom is -0.481 e. The van der Waals surface area contributed by atoms with E-state index in [1.54, 1.807) is 10.9 Å². The summed E-state index contributed by atoms with van der Waals surface area (Å²) >= 11 is 1.46. The molecule has 1 unspecified atom stereocenters. The lowest BCUT2D eigenvalue weighted by molar-refractivity contribution is -0.139. The third kappa shape index (κ3) is 2.76. The number of aromatic nitrogens is 2. The van der Waals surface area contributed by atoms with Crippen LogP contribution in [0.1, 0.15) is 40.3 Å². The minimum absolute atomic E-state index is 0.142. The summed E-state index contributed by atoms with van der Waals surface area (Å²) in [5.74, 6) is -1.45. The van der Waals surface area contributed by atoms with Crippen LogP contribution in [-0.4, -0.2) is 20.6 Å². The Hall–Kier alpha value is -2.47. The van der Waals surface area contributed by atoms with Gasteiger partial charge in [0.15, 0.2) is 0 Å². The summed E-state index contributed by atoms with van der Waals surface area (Å²) in [6.45, 7) is 2.46. The van der Waals surface area contributed by atoms with Crippen LogP contribution in [0.4, 0.5) is 0 Å². The monoisotopic (exact) mass is 354 g/mol. The van der Waals surface area contributed by atoms with Crippen molar-refractivity contribution >= 4 is 27.5 Å². The highest BCUT2D eigenvalue weighted by atomic mass is 32.1. The first-order valence-electron chi connectivity index (χ1n) is 8.33. The molecule has 0 bridgehead atoms. The fraction of sp³-hybridized carbons (Fsp3) is 0.316. The molecule has 1 N–H and O–H groups in total. The second kappa shape index (κ2) is 6.11. The lowest BCUT2D eigenvalue weighted by Crippen LogP contribution is -2.24. The molecule has 0 aliphatic heterocycles. The zero-order valence-corrected chi connectivity index (χ0v) is 14.7. The van der Waals surface area contributed by atoms with E-state index in [2.05, 4.69) is 4.98 Å². The maximum atomic E-state index is 13.0. The smallest absolute Gasteiger partial charge is 0.311 e. The van der Waals surface area contributed by atoms with E-state index >= 15 is 0 Å². The van der Waals surface area contributed by atoms with Crippen molar-refractivity contribution in [1.29, 1.82) is 0 Å². The summed E-state index contributed by atoms with van der Waals surface area (Å²) < 4.78 is 1.58. The van der Waals surface area contributed by atoms with Crippen molar-refractivity contribution in [3.05, 3.63) is 62.5 Å². The maximum Gasteiger partial charge on any atom is 0.311 e. The topological polar surface area (TPSA) is 72.2 Å². The minimum atomic E-state index is -0.853. The lowest BCUT2D eigenvalue weighted by atomic mass is 9.86. The Morgan fingerprint density at radius 1 is 1.36 bits per heavy atom. The lowest BCUT2D eigenvalue weighted by Gasteiger charge is -2.18. The number of carbonyl (C=O) groups is 1. The average Bonchev–Trinajstić information content (AvgIpc) is 2.98. The Labute approximate surface area is 148 Å². The molecule has 0 spiro atoms. The number of aliphatic carboxylic acids is 1. The van der Waals surface area contributed by atoms with Crippen molar-refractivity contribution in [2.75, 3.05) is 0 Å². The van der Waals surface area contributed by atoms with E-state index in [4.69, 9.17) is 0 Å². The Morgan fingerprint density at radius 3 is 2.84 bits per heavy atom. The number of hydrogen-bond acceptors (Lipinski definition) is 4. The van der Waals surface area contributed by atoms with Crippen LogP contribution in [0.25, 0.3) is 10.2 Å². The second-order valence-corrected chi connectivity index (χ2v) is 7.65. The van der Waals surface area contributed by atoms with Crippen LogP contribution >= 0.6 is 11.3 Å². The van der Waals surface area contributed by atoms with Gasteiger partial charge in [0.2, 0.25) is 0 Å². The van der Waals surface area contributed by atoms with E-state index in [9.17, 15) is 14.7 Å². The van der Waals surface area contributed by atoms with Gasteiger partial charge in [0, 0.05) is 4.88 Å². The van der Waals surface area contributed by atoms with Crippen molar-refractivity contribution in [3.63, 3.8) is 0 Å². The van der Waals surface area contributed by atoms with Crippen molar-refractivity contribution in [1.82, 2.24) is 9.55 Å². The number of rotatable bonds is 3. The number of thiophene rings is 1. The summed E-state index contributed by atoms with van der Waals surface area (Å²) in [6, 6.07) is 8.02. The van der Waals surface area contributed by atoms with E-state index in [0.717, 1.165) is 23.3 Å². The molecule has 0 fully saturated rings.